The molecule has 0 heterocycles. The Bertz CT molecular complexity index is 477. The molecule has 0 aliphatic carbocycles. The summed E-state index contributed by atoms with van der Waals surface area (Å²) >= 11 is 0. The van der Waals surface area contributed by atoms with Crippen LogP contribution in [0, 0.1) is 0 Å². The molecule has 0 amide bonds. The summed E-state index contributed by atoms with van der Waals surface area (Å²) in [6.45, 7) is 7.26. The summed E-state index contributed by atoms with van der Waals surface area (Å²) in [7, 11) is 0. The van der Waals surface area contributed by atoms with Crippen molar-refractivity contribution in [2.45, 2.75) is 59.3 Å². The third-order valence-electron chi connectivity index (χ3n) is 3.72. The van der Waals surface area contributed by atoms with Crippen molar-refractivity contribution in [1.29, 1.82) is 0 Å². The number of aryl methyl sites for hydroxylation is 2. The maximum absolute atomic E-state index is 4.57. The van der Waals surface area contributed by atoms with E-state index in [-0.39, 0.29) is 0 Å². The van der Waals surface area contributed by atoms with Crippen molar-refractivity contribution in [1.82, 2.24) is 0 Å². The zero-order valence-corrected chi connectivity index (χ0v) is 14.5. The number of rotatable bonds is 10. The molecule has 22 heavy (non-hydrogen) atoms. The lowest BCUT2D eigenvalue weighted by molar-refractivity contribution is 0.744. The summed E-state index contributed by atoms with van der Waals surface area (Å²) in [6, 6.07) is 9.16. The van der Waals surface area contributed by atoms with E-state index >= 15 is 0 Å². The van der Waals surface area contributed by atoms with Gasteiger partial charge in [0.25, 0.3) is 0 Å². The Labute approximate surface area is 136 Å². The number of aliphatic imine (C=N–C) groups is 1. The predicted octanol–water partition coefficient (Wildman–Crippen LogP) is 5.95. The van der Waals surface area contributed by atoms with Crippen LogP contribution in [-0.2, 0) is 12.8 Å². The van der Waals surface area contributed by atoms with Gasteiger partial charge in [-0.25, -0.2) is 0 Å². The SMILES string of the molecule is C/C=C\C=C/C(C)=NCCCCc1ccc(CCCC)cc1. The van der Waals surface area contributed by atoms with E-state index in [0.717, 1.165) is 25.1 Å². The van der Waals surface area contributed by atoms with Crippen LogP contribution in [0.3, 0.4) is 0 Å². The van der Waals surface area contributed by atoms with Crippen molar-refractivity contribution in [2.75, 3.05) is 6.54 Å². The zero-order chi connectivity index (χ0) is 16.0. The fraction of sp³-hybridized carbons (Fsp3) is 0.476. The van der Waals surface area contributed by atoms with Gasteiger partial charge in [-0.2, -0.15) is 0 Å². The minimum atomic E-state index is 0.931. The standard InChI is InChI=1S/C21H31N/c1-4-6-8-11-19(3)22-18-10-9-13-21-16-14-20(15-17-21)12-7-5-2/h4,6,8,11,14-17H,5,7,9-10,12-13,18H2,1-3H3/b6-4-,11-8-,22-19?. The number of nitrogens with zero attached hydrogens (tertiary/aromatic N) is 1. The largest absolute Gasteiger partial charge is 0.290 e. The van der Waals surface area contributed by atoms with Crippen molar-refractivity contribution in [3.63, 3.8) is 0 Å². The molecule has 0 fully saturated rings. The van der Waals surface area contributed by atoms with Crippen molar-refractivity contribution in [3.05, 3.63) is 59.7 Å². The number of hydrogen-bond acceptors (Lipinski definition) is 1. The summed E-state index contributed by atoms with van der Waals surface area (Å²) in [5.74, 6) is 0. The fourth-order valence-corrected chi connectivity index (χ4v) is 2.31. The molecule has 0 unspecified atom stereocenters. The third kappa shape index (κ3) is 8.61. The molecule has 1 rings (SSSR count). The molecule has 0 N–H and O–H groups in total. The summed E-state index contributed by atoms with van der Waals surface area (Å²) in [5, 5.41) is 0. The normalized spacial score (nSPS) is 12.6. The van der Waals surface area contributed by atoms with E-state index in [0.29, 0.717) is 0 Å². The highest BCUT2D eigenvalue weighted by molar-refractivity contribution is 5.92. The van der Waals surface area contributed by atoms with E-state index in [4.69, 9.17) is 0 Å². The van der Waals surface area contributed by atoms with E-state index in [2.05, 4.69) is 49.2 Å². The van der Waals surface area contributed by atoms with E-state index in [1.165, 1.54) is 36.8 Å². The molecule has 120 valence electrons. The first-order valence-corrected chi connectivity index (χ1v) is 8.64. The highest BCUT2D eigenvalue weighted by atomic mass is 14.7. The Morgan fingerprint density at radius 2 is 1.59 bits per heavy atom. The summed E-state index contributed by atoms with van der Waals surface area (Å²) in [6.07, 6.45) is 15.5. The predicted molar refractivity (Wildman–Crippen MR) is 99.9 cm³/mol. The molecule has 1 aromatic rings. The van der Waals surface area contributed by atoms with Gasteiger partial charge in [0.2, 0.25) is 0 Å². The Morgan fingerprint density at radius 1 is 0.955 bits per heavy atom. The highest BCUT2D eigenvalue weighted by Gasteiger charge is 1.96. The third-order valence-corrected chi connectivity index (χ3v) is 3.72. The molecule has 0 atom stereocenters. The van der Waals surface area contributed by atoms with Crippen LogP contribution in [0.4, 0.5) is 0 Å². The Balaban J connectivity index is 2.22. The van der Waals surface area contributed by atoms with Gasteiger partial charge in [0.05, 0.1) is 0 Å². The van der Waals surface area contributed by atoms with Crippen molar-refractivity contribution < 1.29 is 0 Å². The topological polar surface area (TPSA) is 12.4 Å². The molecule has 0 spiro atoms. The van der Waals surface area contributed by atoms with Gasteiger partial charge in [-0.1, -0.05) is 55.8 Å². The van der Waals surface area contributed by atoms with Crippen molar-refractivity contribution in [3.8, 4) is 0 Å². The lowest BCUT2D eigenvalue weighted by Crippen LogP contribution is -1.92. The van der Waals surface area contributed by atoms with Gasteiger partial charge in [-0.05, 0) is 63.2 Å². The molecular weight excluding hydrogens is 266 g/mol. The highest BCUT2D eigenvalue weighted by Crippen LogP contribution is 2.10. The fourth-order valence-electron chi connectivity index (χ4n) is 2.31. The van der Waals surface area contributed by atoms with Crippen LogP contribution in [0.15, 0.2) is 53.6 Å². The van der Waals surface area contributed by atoms with Gasteiger partial charge in [-0.3, -0.25) is 4.99 Å². The molecule has 1 heteroatoms. The molecule has 0 saturated heterocycles. The Kier molecular flexibility index (Phi) is 10.0. The number of hydrogen-bond donors (Lipinski definition) is 0. The summed E-state index contributed by atoms with van der Waals surface area (Å²) in [4.78, 5) is 4.57. The lowest BCUT2D eigenvalue weighted by Gasteiger charge is -2.03. The van der Waals surface area contributed by atoms with Crippen LogP contribution < -0.4 is 0 Å². The van der Waals surface area contributed by atoms with Crippen LogP contribution in [-0.4, -0.2) is 12.3 Å². The molecule has 0 bridgehead atoms. The monoisotopic (exact) mass is 297 g/mol. The van der Waals surface area contributed by atoms with Crippen LogP contribution in [0.25, 0.3) is 0 Å². The zero-order valence-electron chi connectivity index (χ0n) is 14.5. The lowest BCUT2D eigenvalue weighted by atomic mass is 10.0. The average molecular weight is 297 g/mol. The summed E-state index contributed by atoms with van der Waals surface area (Å²) < 4.78 is 0. The van der Waals surface area contributed by atoms with Crippen LogP contribution in [0.5, 0.6) is 0 Å². The van der Waals surface area contributed by atoms with Crippen LogP contribution in [0.2, 0.25) is 0 Å². The second-order valence-corrected chi connectivity index (χ2v) is 5.79. The second kappa shape index (κ2) is 12.0. The molecule has 0 radical (unpaired) electrons. The van der Waals surface area contributed by atoms with Crippen molar-refractivity contribution >= 4 is 5.71 Å². The van der Waals surface area contributed by atoms with Gasteiger partial charge < -0.3 is 0 Å². The molecule has 0 aliphatic heterocycles. The number of benzene rings is 1. The summed E-state index contributed by atoms with van der Waals surface area (Å²) in [5.41, 5.74) is 4.03. The number of allylic oxidation sites excluding steroid dienone is 4. The number of unbranched alkanes of at least 4 members (excludes halogenated alkanes) is 2. The van der Waals surface area contributed by atoms with Crippen molar-refractivity contribution in [2.24, 2.45) is 4.99 Å². The molecule has 1 nitrogen and oxygen atoms in total. The Morgan fingerprint density at radius 3 is 2.18 bits per heavy atom. The first-order chi connectivity index (χ1) is 10.8. The minimum Gasteiger partial charge on any atom is -0.290 e. The van der Waals surface area contributed by atoms with E-state index in [1.54, 1.807) is 0 Å². The van der Waals surface area contributed by atoms with Crippen LogP contribution in [0.1, 0.15) is 57.6 Å². The smallest absolute Gasteiger partial charge is 0.0392 e. The average Bonchev–Trinajstić information content (AvgIpc) is 2.54. The van der Waals surface area contributed by atoms with Gasteiger partial charge in [-0.15, -0.1) is 0 Å². The molecule has 0 saturated carbocycles. The molecule has 1 aromatic carbocycles. The van der Waals surface area contributed by atoms with Crippen LogP contribution >= 0.6 is 0 Å². The van der Waals surface area contributed by atoms with E-state index in [9.17, 15) is 0 Å². The molecule has 0 aromatic heterocycles. The van der Waals surface area contributed by atoms with Gasteiger partial charge >= 0.3 is 0 Å². The van der Waals surface area contributed by atoms with Gasteiger partial charge in [0.1, 0.15) is 0 Å². The van der Waals surface area contributed by atoms with Gasteiger partial charge in [0, 0.05) is 12.3 Å². The van der Waals surface area contributed by atoms with E-state index < -0.39 is 0 Å². The first-order valence-electron chi connectivity index (χ1n) is 8.64. The minimum absolute atomic E-state index is 0.931. The molecular formula is C21H31N. The van der Waals surface area contributed by atoms with E-state index in [1.807, 2.05) is 25.2 Å². The second-order valence-electron chi connectivity index (χ2n) is 5.79. The quantitative estimate of drug-likeness (QED) is 0.288. The van der Waals surface area contributed by atoms with Gasteiger partial charge in [0.15, 0.2) is 0 Å². The molecule has 0 aliphatic rings. The maximum atomic E-state index is 4.57. The Hall–Kier alpha value is -1.63. The first kappa shape index (κ1) is 18.4. The maximum Gasteiger partial charge on any atom is 0.0392 e.